The van der Waals surface area contributed by atoms with Crippen molar-refractivity contribution in [2.24, 2.45) is 0 Å². The van der Waals surface area contributed by atoms with Crippen LogP contribution in [0.2, 0.25) is 0 Å². The van der Waals surface area contributed by atoms with E-state index in [9.17, 15) is 0 Å². The summed E-state index contributed by atoms with van der Waals surface area (Å²) in [5.41, 5.74) is 0. The maximum atomic E-state index is 4.47. The van der Waals surface area contributed by atoms with Gasteiger partial charge in [0.05, 0.1) is 6.54 Å². The number of hydrogen-bond acceptors (Lipinski definition) is 3. The van der Waals surface area contributed by atoms with Gasteiger partial charge in [-0.05, 0) is 20.8 Å². The number of hydrogen-bond donors (Lipinski definition) is 1. The third-order valence-electron chi connectivity index (χ3n) is 3.29. The molecule has 1 atom stereocenters. The Balaban J connectivity index is 2.04. The molecule has 2 heterocycles. The summed E-state index contributed by atoms with van der Waals surface area (Å²) in [4.78, 5) is 6.96. The standard InChI is InChI=1S/C12H22N4/c1-10(2)16-7-5-14-12(16)9-15-6-4-13-8-11(15)3/h5,7,10-11,13H,4,6,8-9H2,1-3H3/t11-/m1/s1. The molecular formula is C12H22N4. The van der Waals surface area contributed by atoms with Crippen molar-refractivity contribution in [1.82, 2.24) is 19.8 Å². The number of rotatable bonds is 3. The lowest BCUT2D eigenvalue weighted by Crippen LogP contribution is -2.49. The van der Waals surface area contributed by atoms with Gasteiger partial charge in [-0.15, -0.1) is 0 Å². The van der Waals surface area contributed by atoms with Crippen LogP contribution in [-0.4, -0.2) is 40.1 Å². The third-order valence-corrected chi connectivity index (χ3v) is 3.29. The Morgan fingerprint density at radius 3 is 3.06 bits per heavy atom. The lowest BCUT2D eigenvalue weighted by Gasteiger charge is -2.33. The molecule has 1 aromatic rings. The Bertz CT molecular complexity index is 332. The van der Waals surface area contributed by atoms with Crippen LogP contribution in [0.4, 0.5) is 0 Å². The Hall–Kier alpha value is -0.870. The highest BCUT2D eigenvalue weighted by molar-refractivity contribution is 4.95. The van der Waals surface area contributed by atoms with E-state index in [1.165, 1.54) is 5.82 Å². The first-order valence-corrected chi connectivity index (χ1v) is 6.15. The second kappa shape index (κ2) is 4.97. The van der Waals surface area contributed by atoms with E-state index in [1.54, 1.807) is 0 Å². The third kappa shape index (κ3) is 2.44. The number of nitrogens with zero attached hydrogens (tertiary/aromatic N) is 3. The van der Waals surface area contributed by atoms with Crippen LogP contribution < -0.4 is 5.32 Å². The van der Waals surface area contributed by atoms with Gasteiger partial charge in [0.25, 0.3) is 0 Å². The molecular weight excluding hydrogens is 200 g/mol. The highest BCUT2D eigenvalue weighted by Gasteiger charge is 2.19. The summed E-state index contributed by atoms with van der Waals surface area (Å²) >= 11 is 0. The van der Waals surface area contributed by atoms with Crippen molar-refractivity contribution in [2.45, 2.75) is 39.4 Å². The van der Waals surface area contributed by atoms with E-state index >= 15 is 0 Å². The molecule has 4 heteroatoms. The molecule has 90 valence electrons. The molecule has 0 unspecified atom stereocenters. The highest BCUT2D eigenvalue weighted by Crippen LogP contribution is 2.12. The number of aromatic nitrogens is 2. The van der Waals surface area contributed by atoms with Crippen LogP contribution in [0.15, 0.2) is 12.4 Å². The van der Waals surface area contributed by atoms with E-state index < -0.39 is 0 Å². The topological polar surface area (TPSA) is 33.1 Å². The number of imidazole rings is 1. The van der Waals surface area contributed by atoms with Crippen LogP contribution in [0.25, 0.3) is 0 Å². The Labute approximate surface area is 97.7 Å². The van der Waals surface area contributed by atoms with Gasteiger partial charge < -0.3 is 9.88 Å². The zero-order valence-electron chi connectivity index (χ0n) is 10.5. The molecule has 0 amide bonds. The maximum Gasteiger partial charge on any atom is 0.123 e. The van der Waals surface area contributed by atoms with Crippen molar-refractivity contribution in [3.8, 4) is 0 Å². The molecule has 16 heavy (non-hydrogen) atoms. The van der Waals surface area contributed by atoms with Crippen LogP contribution in [0.1, 0.15) is 32.6 Å². The number of piperazine rings is 1. The first-order valence-electron chi connectivity index (χ1n) is 6.15. The highest BCUT2D eigenvalue weighted by atomic mass is 15.2. The van der Waals surface area contributed by atoms with Crippen molar-refractivity contribution in [3.05, 3.63) is 18.2 Å². The zero-order valence-corrected chi connectivity index (χ0v) is 10.5. The van der Waals surface area contributed by atoms with Gasteiger partial charge in [0, 0.05) is 44.1 Å². The van der Waals surface area contributed by atoms with E-state index in [0.29, 0.717) is 12.1 Å². The quantitative estimate of drug-likeness (QED) is 0.836. The monoisotopic (exact) mass is 222 g/mol. The molecule has 0 saturated carbocycles. The van der Waals surface area contributed by atoms with Crippen molar-refractivity contribution in [1.29, 1.82) is 0 Å². The lowest BCUT2D eigenvalue weighted by atomic mass is 10.2. The molecule has 1 aliphatic heterocycles. The summed E-state index contributed by atoms with van der Waals surface area (Å²) in [6, 6.07) is 1.10. The first-order chi connectivity index (χ1) is 7.68. The molecule has 2 rings (SSSR count). The molecule has 4 nitrogen and oxygen atoms in total. The molecule has 0 radical (unpaired) electrons. The molecule has 0 spiro atoms. The van der Waals surface area contributed by atoms with Crippen LogP contribution in [-0.2, 0) is 6.54 Å². The summed E-state index contributed by atoms with van der Waals surface area (Å²) in [7, 11) is 0. The Morgan fingerprint density at radius 2 is 2.38 bits per heavy atom. The molecule has 1 aromatic heterocycles. The van der Waals surface area contributed by atoms with E-state index in [2.05, 4.69) is 46.7 Å². The van der Waals surface area contributed by atoms with Crippen LogP contribution in [0.3, 0.4) is 0 Å². The fourth-order valence-electron chi connectivity index (χ4n) is 2.24. The average Bonchev–Trinajstić information content (AvgIpc) is 2.69. The first kappa shape index (κ1) is 11.6. The van der Waals surface area contributed by atoms with E-state index in [-0.39, 0.29) is 0 Å². The molecule has 1 N–H and O–H groups in total. The van der Waals surface area contributed by atoms with Crippen LogP contribution >= 0.6 is 0 Å². The van der Waals surface area contributed by atoms with E-state index in [0.717, 1.165) is 26.2 Å². The minimum absolute atomic E-state index is 0.496. The average molecular weight is 222 g/mol. The van der Waals surface area contributed by atoms with E-state index in [1.807, 2.05) is 6.20 Å². The van der Waals surface area contributed by atoms with Crippen LogP contribution in [0, 0.1) is 0 Å². The van der Waals surface area contributed by atoms with Gasteiger partial charge in [-0.3, -0.25) is 4.90 Å². The van der Waals surface area contributed by atoms with Gasteiger partial charge in [0.1, 0.15) is 5.82 Å². The minimum Gasteiger partial charge on any atom is -0.331 e. The molecule has 0 aliphatic carbocycles. The lowest BCUT2D eigenvalue weighted by molar-refractivity contribution is 0.159. The fraction of sp³-hybridized carbons (Fsp3) is 0.750. The zero-order chi connectivity index (χ0) is 11.5. The second-order valence-electron chi connectivity index (χ2n) is 4.87. The van der Waals surface area contributed by atoms with Gasteiger partial charge in [-0.1, -0.05) is 0 Å². The summed E-state index contributed by atoms with van der Waals surface area (Å²) in [5, 5.41) is 3.41. The van der Waals surface area contributed by atoms with Crippen molar-refractivity contribution in [2.75, 3.05) is 19.6 Å². The van der Waals surface area contributed by atoms with Gasteiger partial charge in [0.2, 0.25) is 0 Å². The van der Waals surface area contributed by atoms with Crippen molar-refractivity contribution < 1.29 is 0 Å². The normalized spacial score (nSPS) is 22.9. The molecule has 1 saturated heterocycles. The predicted molar refractivity (Wildman–Crippen MR) is 65.4 cm³/mol. The van der Waals surface area contributed by atoms with Gasteiger partial charge in [-0.2, -0.15) is 0 Å². The SMILES string of the molecule is CC(C)n1ccnc1CN1CCNC[C@H]1C. The largest absolute Gasteiger partial charge is 0.331 e. The van der Waals surface area contributed by atoms with E-state index in [4.69, 9.17) is 0 Å². The summed E-state index contributed by atoms with van der Waals surface area (Å²) in [6.45, 7) is 10.9. The van der Waals surface area contributed by atoms with Gasteiger partial charge in [0.15, 0.2) is 0 Å². The van der Waals surface area contributed by atoms with Crippen molar-refractivity contribution >= 4 is 0 Å². The Morgan fingerprint density at radius 1 is 1.56 bits per heavy atom. The van der Waals surface area contributed by atoms with Gasteiger partial charge >= 0.3 is 0 Å². The smallest absolute Gasteiger partial charge is 0.123 e. The Kier molecular flexibility index (Phi) is 3.61. The van der Waals surface area contributed by atoms with Crippen LogP contribution in [0.5, 0.6) is 0 Å². The van der Waals surface area contributed by atoms with Crippen molar-refractivity contribution in [3.63, 3.8) is 0 Å². The maximum absolute atomic E-state index is 4.47. The predicted octanol–water partition coefficient (Wildman–Crippen LogP) is 1.26. The molecule has 1 fully saturated rings. The summed E-state index contributed by atoms with van der Waals surface area (Å²) in [6.07, 6.45) is 3.98. The van der Waals surface area contributed by atoms with Gasteiger partial charge in [-0.25, -0.2) is 4.98 Å². The second-order valence-corrected chi connectivity index (χ2v) is 4.87. The fourth-order valence-corrected chi connectivity index (χ4v) is 2.24. The molecule has 0 bridgehead atoms. The summed E-state index contributed by atoms with van der Waals surface area (Å²) in [5.74, 6) is 1.18. The molecule has 0 aromatic carbocycles. The minimum atomic E-state index is 0.496. The molecule has 1 aliphatic rings. The number of nitrogens with one attached hydrogen (secondary N) is 1. The summed E-state index contributed by atoms with van der Waals surface area (Å²) < 4.78 is 2.26.